The van der Waals surface area contributed by atoms with Crippen LogP contribution in [0, 0.1) is 13.8 Å². The van der Waals surface area contributed by atoms with Gasteiger partial charge in [-0.15, -0.1) is 10.2 Å². The molecular weight excluding hydrogens is 342 g/mol. The molecule has 0 N–H and O–H groups in total. The van der Waals surface area contributed by atoms with E-state index in [0.717, 1.165) is 16.6 Å². The summed E-state index contributed by atoms with van der Waals surface area (Å²) >= 11 is 1.68. The summed E-state index contributed by atoms with van der Waals surface area (Å²) in [6.07, 6.45) is 1.66. The van der Waals surface area contributed by atoms with Crippen molar-refractivity contribution in [3.63, 3.8) is 0 Å². The van der Waals surface area contributed by atoms with E-state index in [2.05, 4.69) is 71.1 Å². The van der Waals surface area contributed by atoms with Crippen LogP contribution in [0.2, 0.25) is 0 Å². The number of rotatable bonds is 5. The lowest BCUT2D eigenvalue weighted by molar-refractivity contribution is 0.575. The molecule has 26 heavy (non-hydrogen) atoms. The summed E-state index contributed by atoms with van der Waals surface area (Å²) in [5, 5.41) is 9.69. The molecule has 2 heterocycles. The second-order valence-electron chi connectivity index (χ2n) is 6.17. The van der Waals surface area contributed by atoms with Crippen molar-refractivity contribution in [3.05, 3.63) is 83.6 Å². The van der Waals surface area contributed by atoms with Crippen LogP contribution in [0.15, 0.2) is 76.5 Å². The highest BCUT2D eigenvalue weighted by Gasteiger charge is 2.18. The Morgan fingerprint density at radius 3 is 2.62 bits per heavy atom. The summed E-state index contributed by atoms with van der Waals surface area (Å²) in [7, 11) is 0. The Morgan fingerprint density at radius 1 is 0.962 bits per heavy atom. The van der Waals surface area contributed by atoms with Crippen molar-refractivity contribution < 1.29 is 4.42 Å². The molecule has 0 saturated heterocycles. The van der Waals surface area contributed by atoms with Gasteiger partial charge in [0, 0.05) is 5.75 Å². The first kappa shape index (κ1) is 16.7. The summed E-state index contributed by atoms with van der Waals surface area (Å²) < 4.78 is 7.64. The van der Waals surface area contributed by atoms with Crippen molar-refractivity contribution in [1.82, 2.24) is 14.8 Å². The largest absolute Gasteiger partial charge is 0.461 e. The Labute approximate surface area is 156 Å². The minimum absolute atomic E-state index is 0.710. The molecule has 0 aliphatic heterocycles. The van der Waals surface area contributed by atoms with Gasteiger partial charge in [-0.3, -0.25) is 4.57 Å². The fourth-order valence-electron chi connectivity index (χ4n) is 2.84. The molecule has 0 unspecified atom stereocenters. The second kappa shape index (κ2) is 7.22. The Morgan fingerprint density at radius 2 is 1.85 bits per heavy atom. The van der Waals surface area contributed by atoms with E-state index in [0.29, 0.717) is 11.6 Å². The minimum Gasteiger partial charge on any atom is -0.461 e. The molecule has 0 atom stereocenters. The number of thioether (sulfide) groups is 1. The van der Waals surface area contributed by atoms with Crippen molar-refractivity contribution in [2.45, 2.75) is 24.8 Å². The highest BCUT2D eigenvalue weighted by Crippen LogP contribution is 2.30. The van der Waals surface area contributed by atoms with Crippen molar-refractivity contribution in [2.75, 3.05) is 0 Å². The fourth-order valence-corrected chi connectivity index (χ4v) is 3.87. The van der Waals surface area contributed by atoms with Gasteiger partial charge < -0.3 is 4.42 Å². The zero-order valence-electron chi connectivity index (χ0n) is 14.7. The van der Waals surface area contributed by atoms with E-state index in [9.17, 15) is 0 Å². The van der Waals surface area contributed by atoms with Gasteiger partial charge in [0.15, 0.2) is 10.9 Å². The van der Waals surface area contributed by atoms with Gasteiger partial charge in [-0.05, 0) is 54.8 Å². The smallest absolute Gasteiger partial charge is 0.205 e. The van der Waals surface area contributed by atoms with Crippen LogP contribution >= 0.6 is 11.8 Å². The zero-order chi connectivity index (χ0) is 17.9. The van der Waals surface area contributed by atoms with Crippen LogP contribution in [-0.2, 0) is 5.75 Å². The van der Waals surface area contributed by atoms with E-state index in [1.165, 1.54) is 16.7 Å². The summed E-state index contributed by atoms with van der Waals surface area (Å²) in [4.78, 5) is 0. The van der Waals surface area contributed by atoms with Gasteiger partial charge in [-0.25, -0.2) is 0 Å². The molecule has 4 rings (SSSR count). The van der Waals surface area contributed by atoms with Gasteiger partial charge in [0.05, 0.1) is 12.0 Å². The maximum absolute atomic E-state index is 5.57. The van der Waals surface area contributed by atoms with E-state index < -0.39 is 0 Å². The van der Waals surface area contributed by atoms with Crippen LogP contribution in [-0.4, -0.2) is 14.8 Å². The average Bonchev–Trinajstić information content (AvgIpc) is 3.30. The number of hydrogen-bond acceptors (Lipinski definition) is 4. The van der Waals surface area contributed by atoms with Gasteiger partial charge in [0.2, 0.25) is 5.82 Å². The maximum Gasteiger partial charge on any atom is 0.205 e. The lowest BCUT2D eigenvalue weighted by Crippen LogP contribution is -2.00. The van der Waals surface area contributed by atoms with Gasteiger partial charge in [0.25, 0.3) is 0 Å². The number of benzene rings is 2. The van der Waals surface area contributed by atoms with Crippen LogP contribution < -0.4 is 0 Å². The van der Waals surface area contributed by atoms with Gasteiger partial charge in [-0.1, -0.05) is 48.2 Å². The molecule has 0 fully saturated rings. The maximum atomic E-state index is 5.57. The number of aryl methyl sites for hydroxylation is 2. The third-order valence-electron chi connectivity index (χ3n) is 4.25. The van der Waals surface area contributed by atoms with Crippen molar-refractivity contribution >= 4 is 11.8 Å². The standard InChI is InChI=1S/C21H19N3OS/c1-15-7-5-10-18(13-15)24-20(19-11-6-12-25-19)22-23-21(24)26-14-17-9-4-3-8-16(17)2/h3-13H,14H2,1-2H3. The topological polar surface area (TPSA) is 43.9 Å². The second-order valence-corrected chi connectivity index (χ2v) is 7.12. The highest BCUT2D eigenvalue weighted by molar-refractivity contribution is 7.98. The molecule has 0 spiro atoms. The van der Waals surface area contributed by atoms with Gasteiger partial charge in [0.1, 0.15) is 0 Å². The lowest BCUT2D eigenvalue weighted by Gasteiger charge is -2.10. The van der Waals surface area contributed by atoms with Crippen molar-refractivity contribution in [2.24, 2.45) is 0 Å². The summed E-state index contributed by atoms with van der Waals surface area (Å²) in [5.41, 5.74) is 4.81. The monoisotopic (exact) mass is 361 g/mol. The number of hydrogen-bond donors (Lipinski definition) is 0. The molecule has 4 aromatic rings. The minimum atomic E-state index is 0.710. The predicted molar refractivity (Wildman–Crippen MR) is 105 cm³/mol. The van der Waals surface area contributed by atoms with Crippen LogP contribution in [0.4, 0.5) is 0 Å². The number of furan rings is 1. The number of nitrogens with zero attached hydrogens (tertiary/aromatic N) is 3. The summed E-state index contributed by atoms with van der Waals surface area (Å²) in [6, 6.07) is 20.5. The lowest BCUT2D eigenvalue weighted by atomic mass is 10.1. The SMILES string of the molecule is Cc1cccc(-n2c(SCc3ccccc3C)nnc2-c2ccco2)c1. The van der Waals surface area contributed by atoms with Crippen LogP contribution in [0.1, 0.15) is 16.7 Å². The normalized spacial score (nSPS) is 11.0. The average molecular weight is 361 g/mol. The summed E-state index contributed by atoms with van der Waals surface area (Å²) in [6.45, 7) is 4.22. The molecule has 0 bridgehead atoms. The van der Waals surface area contributed by atoms with Gasteiger partial charge >= 0.3 is 0 Å². The molecule has 2 aromatic carbocycles. The van der Waals surface area contributed by atoms with E-state index in [1.807, 2.05) is 18.2 Å². The molecule has 0 amide bonds. The molecule has 0 aliphatic rings. The molecule has 0 saturated carbocycles. The molecular formula is C21H19N3OS. The third-order valence-corrected chi connectivity index (χ3v) is 5.23. The predicted octanol–water partition coefficient (Wildman–Crippen LogP) is 5.44. The number of aromatic nitrogens is 3. The van der Waals surface area contributed by atoms with E-state index >= 15 is 0 Å². The van der Waals surface area contributed by atoms with Crippen molar-refractivity contribution in [1.29, 1.82) is 0 Å². The molecule has 5 heteroatoms. The van der Waals surface area contributed by atoms with Crippen LogP contribution in [0.25, 0.3) is 17.3 Å². The Bertz CT molecular complexity index is 1020. The van der Waals surface area contributed by atoms with Gasteiger partial charge in [-0.2, -0.15) is 0 Å². The Hall–Kier alpha value is -2.79. The van der Waals surface area contributed by atoms with Crippen LogP contribution in [0.3, 0.4) is 0 Å². The Balaban J connectivity index is 1.74. The first-order valence-corrected chi connectivity index (χ1v) is 9.44. The first-order valence-electron chi connectivity index (χ1n) is 8.46. The highest BCUT2D eigenvalue weighted by atomic mass is 32.2. The van der Waals surface area contributed by atoms with E-state index in [1.54, 1.807) is 18.0 Å². The fraction of sp³-hybridized carbons (Fsp3) is 0.143. The summed E-state index contributed by atoms with van der Waals surface area (Å²) in [5.74, 6) is 2.27. The third kappa shape index (κ3) is 3.30. The van der Waals surface area contributed by atoms with E-state index in [-0.39, 0.29) is 0 Å². The molecule has 4 nitrogen and oxygen atoms in total. The molecule has 0 radical (unpaired) electrons. The first-order chi connectivity index (χ1) is 12.7. The molecule has 2 aromatic heterocycles. The quantitative estimate of drug-likeness (QED) is 0.444. The van der Waals surface area contributed by atoms with Crippen LogP contribution in [0.5, 0.6) is 0 Å². The zero-order valence-corrected chi connectivity index (χ0v) is 15.5. The Kier molecular flexibility index (Phi) is 4.63. The molecule has 0 aliphatic carbocycles. The van der Waals surface area contributed by atoms with E-state index in [4.69, 9.17) is 4.42 Å². The molecule has 130 valence electrons. The van der Waals surface area contributed by atoms with Crippen molar-refractivity contribution in [3.8, 4) is 17.3 Å².